The maximum atomic E-state index is 13.1. The number of carbonyl (C=O) groups excluding carboxylic acids is 2. The first-order valence-electron chi connectivity index (χ1n) is 10.9. The molecule has 8 heteroatoms. The molecule has 0 radical (unpaired) electrons. The summed E-state index contributed by atoms with van der Waals surface area (Å²) in [6.07, 6.45) is 0. The lowest BCUT2D eigenvalue weighted by Gasteiger charge is -2.31. The molecule has 0 bridgehead atoms. The number of morpholine rings is 1. The van der Waals surface area contributed by atoms with E-state index in [-0.39, 0.29) is 11.3 Å². The molecule has 0 aromatic heterocycles. The number of likely N-dealkylation sites (tertiary alicyclic amines) is 1. The van der Waals surface area contributed by atoms with Crippen molar-refractivity contribution in [2.24, 2.45) is 0 Å². The second-order valence-electron chi connectivity index (χ2n) is 7.95. The zero-order chi connectivity index (χ0) is 23.4. The van der Waals surface area contributed by atoms with Crippen molar-refractivity contribution in [1.82, 2.24) is 9.80 Å². The van der Waals surface area contributed by atoms with Crippen molar-refractivity contribution in [3.63, 3.8) is 0 Å². The van der Waals surface area contributed by atoms with E-state index in [2.05, 4.69) is 4.90 Å². The Bertz CT molecular complexity index is 1040. The van der Waals surface area contributed by atoms with E-state index in [1.165, 1.54) is 0 Å². The average molecular weight is 453 g/mol. The highest BCUT2D eigenvalue weighted by molar-refractivity contribution is 6.46. The standard InChI is InChI=1S/C25H28N2O6/c1-31-19-8-6-17(7-9-19)23(28)21-22(18-4-3-5-20(16-18)32-2)27(25(30)24(21)29)11-10-26-12-14-33-15-13-26/h3-9,16,22,28H,10-15H2,1-2H3. The van der Waals surface area contributed by atoms with E-state index in [1.54, 1.807) is 55.5 Å². The van der Waals surface area contributed by atoms with Gasteiger partial charge in [0.25, 0.3) is 11.7 Å². The second kappa shape index (κ2) is 10.1. The number of aliphatic hydroxyl groups is 1. The van der Waals surface area contributed by atoms with Gasteiger partial charge in [-0.2, -0.15) is 0 Å². The number of aliphatic hydroxyl groups excluding tert-OH is 1. The molecule has 0 spiro atoms. The molecular weight excluding hydrogens is 424 g/mol. The Labute approximate surface area is 193 Å². The third-order valence-corrected chi connectivity index (χ3v) is 6.07. The molecule has 0 aliphatic carbocycles. The monoisotopic (exact) mass is 452 g/mol. The third-order valence-electron chi connectivity index (χ3n) is 6.07. The van der Waals surface area contributed by atoms with Crippen LogP contribution in [-0.4, -0.2) is 80.2 Å². The van der Waals surface area contributed by atoms with Crippen LogP contribution in [0, 0.1) is 0 Å². The van der Waals surface area contributed by atoms with Crippen molar-refractivity contribution in [3.05, 3.63) is 65.2 Å². The molecule has 0 saturated carbocycles. The summed E-state index contributed by atoms with van der Waals surface area (Å²) >= 11 is 0. The van der Waals surface area contributed by atoms with Gasteiger partial charge in [-0.1, -0.05) is 12.1 Å². The topological polar surface area (TPSA) is 88.5 Å². The number of methoxy groups -OCH3 is 2. The van der Waals surface area contributed by atoms with Gasteiger partial charge < -0.3 is 24.2 Å². The smallest absolute Gasteiger partial charge is 0.295 e. The molecule has 1 N–H and O–H groups in total. The van der Waals surface area contributed by atoms with Crippen molar-refractivity contribution < 1.29 is 28.9 Å². The van der Waals surface area contributed by atoms with Gasteiger partial charge in [0.15, 0.2) is 0 Å². The molecule has 8 nitrogen and oxygen atoms in total. The van der Waals surface area contributed by atoms with Gasteiger partial charge in [-0.25, -0.2) is 0 Å². The highest BCUT2D eigenvalue weighted by atomic mass is 16.5. The normalized spacial score (nSPS) is 20.8. The first-order chi connectivity index (χ1) is 16.0. The number of carbonyl (C=O) groups is 2. The molecule has 2 aromatic rings. The maximum Gasteiger partial charge on any atom is 0.295 e. The number of nitrogens with zero attached hydrogens (tertiary/aromatic N) is 2. The molecular formula is C25H28N2O6. The van der Waals surface area contributed by atoms with Crippen LogP contribution in [0.25, 0.3) is 5.76 Å². The molecule has 1 atom stereocenters. The molecule has 1 amide bonds. The Morgan fingerprint density at radius 3 is 2.36 bits per heavy atom. The molecule has 2 heterocycles. The Hall–Kier alpha value is -3.36. The largest absolute Gasteiger partial charge is 0.507 e. The van der Waals surface area contributed by atoms with E-state index in [0.717, 1.165) is 13.1 Å². The lowest BCUT2D eigenvalue weighted by molar-refractivity contribution is -0.140. The molecule has 33 heavy (non-hydrogen) atoms. The number of hydrogen-bond acceptors (Lipinski definition) is 7. The van der Waals surface area contributed by atoms with Crippen LogP contribution in [0.2, 0.25) is 0 Å². The SMILES string of the molecule is COc1ccc(C(O)=C2C(=O)C(=O)N(CCN3CCOCC3)C2c2cccc(OC)c2)cc1. The predicted octanol–water partition coefficient (Wildman–Crippen LogP) is 2.46. The Morgan fingerprint density at radius 2 is 1.70 bits per heavy atom. The van der Waals surface area contributed by atoms with Gasteiger partial charge in [-0.15, -0.1) is 0 Å². The van der Waals surface area contributed by atoms with Crippen molar-refractivity contribution in [2.45, 2.75) is 6.04 Å². The number of Topliss-reactive ketones (excluding diaryl/α,β-unsaturated/α-hetero) is 1. The van der Waals surface area contributed by atoms with Gasteiger partial charge >= 0.3 is 0 Å². The van der Waals surface area contributed by atoms with Crippen LogP contribution < -0.4 is 9.47 Å². The Balaban J connectivity index is 1.74. The summed E-state index contributed by atoms with van der Waals surface area (Å²) in [7, 11) is 3.11. The van der Waals surface area contributed by atoms with Crippen LogP contribution in [0.4, 0.5) is 0 Å². The zero-order valence-corrected chi connectivity index (χ0v) is 18.8. The zero-order valence-electron chi connectivity index (χ0n) is 18.8. The number of amides is 1. The molecule has 2 saturated heterocycles. The van der Waals surface area contributed by atoms with Crippen LogP contribution in [0.15, 0.2) is 54.1 Å². The number of ketones is 1. The van der Waals surface area contributed by atoms with Gasteiger partial charge in [-0.3, -0.25) is 14.5 Å². The minimum Gasteiger partial charge on any atom is -0.507 e. The van der Waals surface area contributed by atoms with Crippen molar-refractivity contribution in [3.8, 4) is 11.5 Å². The van der Waals surface area contributed by atoms with E-state index in [4.69, 9.17) is 14.2 Å². The van der Waals surface area contributed by atoms with E-state index in [1.807, 2.05) is 12.1 Å². The van der Waals surface area contributed by atoms with Crippen LogP contribution in [0.5, 0.6) is 11.5 Å². The molecule has 4 rings (SSSR count). The second-order valence-corrected chi connectivity index (χ2v) is 7.95. The van der Waals surface area contributed by atoms with Crippen molar-refractivity contribution in [2.75, 3.05) is 53.6 Å². The van der Waals surface area contributed by atoms with Gasteiger partial charge in [0, 0.05) is 31.7 Å². The summed E-state index contributed by atoms with van der Waals surface area (Å²) in [6.45, 7) is 3.82. The fraction of sp³-hybridized carbons (Fsp3) is 0.360. The maximum absolute atomic E-state index is 13.1. The van der Waals surface area contributed by atoms with E-state index < -0.39 is 17.7 Å². The number of benzene rings is 2. The first-order valence-corrected chi connectivity index (χ1v) is 10.9. The number of ether oxygens (including phenoxy) is 3. The minimum atomic E-state index is -0.719. The van der Waals surface area contributed by atoms with E-state index in [9.17, 15) is 14.7 Å². The molecule has 2 aliphatic rings. The summed E-state index contributed by atoms with van der Waals surface area (Å²) in [5, 5.41) is 11.1. The fourth-order valence-electron chi connectivity index (χ4n) is 4.25. The van der Waals surface area contributed by atoms with E-state index >= 15 is 0 Å². The quantitative estimate of drug-likeness (QED) is 0.392. The first kappa shape index (κ1) is 22.8. The molecule has 174 valence electrons. The lowest BCUT2D eigenvalue weighted by atomic mass is 9.95. The van der Waals surface area contributed by atoms with Gasteiger partial charge in [0.2, 0.25) is 0 Å². The highest BCUT2D eigenvalue weighted by Crippen LogP contribution is 2.40. The minimum absolute atomic E-state index is 0.0698. The van der Waals surface area contributed by atoms with Gasteiger partial charge in [-0.05, 0) is 42.0 Å². The summed E-state index contributed by atoms with van der Waals surface area (Å²) in [5.74, 6) is -0.292. The summed E-state index contributed by atoms with van der Waals surface area (Å²) in [5.41, 5.74) is 1.21. The van der Waals surface area contributed by atoms with Crippen LogP contribution in [0.1, 0.15) is 17.2 Å². The Morgan fingerprint density at radius 1 is 1.00 bits per heavy atom. The van der Waals surface area contributed by atoms with E-state index in [0.29, 0.717) is 48.9 Å². The summed E-state index contributed by atoms with van der Waals surface area (Å²) in [6, 6.07) is 13.2. The third kappa shape index (κ3) is 4.72. The van der Waals surface area contributed by atoms with Crippen LogP contribution in [-0.2, 0) is 14.3 Å². The molecule has 2 fully saturated rings. The van der Waals surface area contributed by atoms with Gasteiger partial charge in [0.05, 0.1) is 39.0 Å². The summed E-state index contributed by atoms with van der Waals surface area (Å²) < 4.78 is 15.9. The molecule has 2 aromatic carbocycles. The van der Waals surface area contributed by atoms with Crippen LogP contribution in [0.3, 0.4) is 0 Å². The lowest BCUT2D eigenvalue weighted by Crippen LogP contribution is -2.42. The highest BCUT2D eigenvalue weighted by Gasteiger charge is 2.46. The van der Waals surface area contributed by atoms with Gasteiger partial charge in [0.1, 0.15) is 17.3 Å². The van der Waals surface area contributed by atoms with Crippen molar-refractivity contribution >= 4 is 17.4 Å². The van der Waals surface area contributed by atoms with Crippen LogP contribution >= 0.6 is 0 Å². The molecule has 2 aliphatic heterocycles. The molecule has 1 unspecified atom stereocenters. The van der Waals surface area contributed by atoms with Crippen molar-refractivity contribution in [1.29, 1.82) is 0 Å². The Kier molecular flexibility index (Phi) is 6.96. The average Bonchev–Trinajstić information content (AvgIpc) is 3.12. The number of hydrogen-bond donors (Lipinski definition) is 1. The number of rotatable bonds is 7. The summed E-state index contributed by atoms with van der Waals surface area (Å²) in [4.78, 5) is 30.0. The predicted molar refractivity (Wildman–Crippen MR) is 122 cm³/mol. The fourth-order valence-corrected chi connectivity index (χ4v) is 4.25.